The minimum absolute atomic E-state index is 0.137. The number of nitrogens with one attached hydrogen (secondary N) is 1. The molecule has 1 aromatic heterocycles. The molecule has 0 aliphatic rings. The average molecular weight is 431 g/mol. The SMILES string of the molecule is CC(C)Sc1cccc(C(=O)Nc2nc(-c3ccc(-c4ccccc4)cc3)cs2)c1. The molecule has 1 amide bonds. The van der Waals surface area contributed by atoms with E-state index in [0.29, 0.717) is 15.9 Å². The second-order valence-electron chi connectivity index (χ2n) is 7.13. The Morgan fingerprint density at radius 1 is 0.900 bits per heavy atom. The predicted octanol–water partition coefficient (Wildman–Crippen LogP) is 7.23. The first-order chi connectivity index (χ1) is 14.6. The lowest BCUT2D eigenvalue weighted by atomic mass is 10.0. The molecule has 150 valence electrons. The first-order valence-corrected chi connectivity index (χ1v) is 11.5. The van der Waals surface area contributed by atoms with Gasteiger partial charge in [-0.05, 0) is 29.3 Å². The standard InChI is InChI=1S/C25H22N2OS2/c1-17(2)30-22-10-6-9-21(15-22)24(28)27-25-26-23(16-29-25)20-13-11-19(12-14-20)18-7-4-3-5-8-18/h3-17H,1-2H3,(H,26,27,28). The largest absolute Gasteiger partial charge is 0.298 e. The fourth-order valence-corrected chi connectivity index (χ4v) is 4.69. The van der Waals surface area contributed by atoms with Gasteiger partial charge in [-0.15, -0.1) is 23.1 Å². The van der Waals surface area contributed by atoms with E-state index in [2.05, 4.69) is 60.5 Å². The lowest BCUT2D eigenvalue weighted by Gasteiger charge is -2.07. The fraction of sp³-hybridized carbons (Fsp3) is 0.120. The number of benzene rings is 3. The third-order valence-corrected chi connectivity index (χ3v) is 6.24. The molecule has 4 aromatic rings. The van der Waals surface area contributed by atoms with Crippen molar-refractivity contribution in [3.8, 4) is 22.4 Å². The van der Waals surface area contributed by atoms with E-state index in [1.807, 2.05) is 47.8 Å². The van der Waals surface area contributed by atoms with E-state index in [1.165, 1.54) is 22.5 Å². The zero-order valence-corrected chi connectivity index (χ0v) is 18.5. The number of thioether (sulfide) groups is 1. The van der Waals surface area contributed by atoms with Crippen molar-refractivity contribution in [2.24, 2.45) is 0 Å². The van der Waals surface area contributed by atoms with Crippen molar-refractivity contribution < 1.29 is 4.79 Å². The first-order valence-electron chi connectivity index (χ1n) is 9.78. The number of hydrogen-bond donors (Lipinski definition) is 1. The van der Waals surface area contributed by atoms with Crippen LogP contribution < -0.4 is 5.32 Å². The number of amides is 1. The molecule has 0 bridgehead atoms. The number of thiazole rings is 1. The monoisotopic (exact) mass is 430 g/mol. The maximum Gasteiger partial charge on any atom is 0.257 e. The molecular weight excluding hydrogens is 408 g/mol. The Balaban J connectivity index is 1.46. The molecule has 5 heteroatoms. The average Bonchev–Trinajstić information content (AvgIpc) is 3.23. The summed E-state index contributed by atoms with van der Waals surface area (Å²) in [4.78, 5) is 18.3. The molecule has 3 aromatic carbocycles. The minimum atomic E-state index is -0.137. The molecule has 4 rings (SSSR count). The lowest BCUT2D eigenvalue weighted by molar-refractivity contribution is 0.102. The van der Waals surface area contributed by atoms with Crippen LogP contribution in [-0.4, -0.2) is 16.1 Å². The molecule has 0 aliphatic heterocycles. The number of carbonyl (C=O) groups is 1. The number of rotatable bonds is 6. The van der Waals surface area contributed by atoms with Gasteiger partial charge in [-0.3, -0.25) is 10.1 Å². The number of hydrogen-bond acceptors (Lipinski definition) is 4. The zero-order chi connectivity index (χ0) is 20.9. The predicted molar refractivity (Wildman–Crippen MR) is 128 cm³/mol. The van der Waals surface area contributed by atoms with E-state index < -0.39 is 0 Å². The Bertz CT molecular complexity index is 1140. The zero-order valence-electron chi connectivity index (χ0n) is 16.8. The molecule has 0 aliphatic carbocycles. The summed E-state index contributed by atoms with van der Waals surface area (Å²) in [7, 11) is 0. The highest BCUT2D eigenvalue weighted by Crippen LogP contribution is 2.28. The smallest absolute Gasteiger partial charge is 0.257 e. The van der Waals surface area contributed by atoms with E-state index in [1.54, 1.807) is 11.8 Å². The van der Waals surface area contributed by atoms with Crippen LogP contribution in [0.4, 0.5) is 5.13 Å². The summed E-state index contributed by atoms with van der Waals surface area (Å²) in [6, 6.07) is 26.3. The van der Waals surface area contributed by atoms with Crippen molar-refractivity contribution in [1.82, 2.24) is 4.98 Å². The van der Waals surface area contributed by atoms with Crippen LogP contribution in [0.5, 0.6) is 0 Å². The molecule has 0 saturated carbocycles. The van der Waals surface area contributed by atoms with Crippen LogP contribution in [0, 0.1) is 0 Å². The summed E-state index contributed by atoms with van der Waals surface area (Å²) >= 11 is 3.18. The van der Waals surface area contributed by atoms with E-state index in [0.717, 1.165) is 16.2 Å². The van der Waals surface area contributed by atoms with E-state index >= 15 is 0 Å². The van der Waals surface area contributed by atoms with Gasteiger partial charge in [-0.2, -0.15) is 0 Å². The lowest BCUT2D eigenvalue weighted by Crippen LogP contribution is -2.11. The molecule has 0 unspecified atom stereocenters. The van der Waals surface area contributed by atoms with E-state index in [9.17, 15) is 4.79 Å². The highest BCUT2D eigenvalue weighted by Gasteiger charge is 2.11. The van der Waals surface area contributed by atoms with E-state index in [4.69, 9.17) is 0 Å². The van der Waals surface area contributed by atoms with Crippen LogP contribution >= 0.6 is 23.1 Å². The van der Waals surface area contributed by atoms with Gasteiger partial charge in [0.1, 0.15) is 0 Å². The van der Waals surface area contributed by atoms with Crippen LogP contribution in [0.2, 0.25) is 0 Å². The maximum absolute atomic E-state index is 12.6. The van der Waals surface area contributed by atoms with Crippen molar-refractivity contribution in [3.63, 3.8) is 0 Å². The molecule has 0 spiro atoms. The van der Waals surface area contributed by atoms with Crippen LogP contribution in [-0.2, 0) is 0 Å². The fourth-order valence-electron chi connectivity index (χ4n) is 3.08. The van der Waals surface area contributed by atoms with Crippen molar-refractivity contribution >= 4 is 34.1 Å². The molecular formula is C25H22N2OS2. The van der Waals surface area contributed by atoms with Gasteiger partial charge < -0.3 is 0 Å². The van der Waals surface area contributed by atoms with Crippen molar-refractivity contribution in [2.45, 2.75) is 24.0 Å². The molecule has 1 N–H and O–H groups in total. The molecule has 0 fully saturated rings. The Kier molecular flexibility index (Phi) is 6.31. The van der Waals surface area contributed by atoms with Crippen molar-refractivity contribution in [3.05, 3.63) is 89.8 Å². The van der Waals surface area contributed by atoms with Gasteiger partial charge in [0.2, 0.25) is 0 Å². The van der Waals surface area contributed by atoms with E-state index in [-0.39, 0.29) is 5.91 Å². The van der Waals surface area contributed by atoms with Crippen molar-refractivity contribution in [1.29, 1.82) is 0 Å². The molecule has 0 atom stereocenters. The van der Waals surface area contributed by atoms with Crippen molar-refractivity contribution in [2.75, 3.05) is 5.32 Å². The molecule has 0 radical (unpaired) electrons. The Hall–Kier alpha value is -2.89. The number of nitrogens with zero attached hydrogens (tertiary/aromatic N) is 1. The normalized spacial score (nSPS) is 10.9. The van der Waals surface area contributed by atoms with Gasteiger partial charge in [-0.1, -0.05) is 74.5 Å². The molecule has 30 heavy (non-hydrogen) atoms. The summed E-state index contributed by atoms with van der Waals surface area (Å²) in [6.07, 6.45) is 0. The maximum atomic E-state index is 12.6. The summed E-state index contributed by atoms with van der Waals surface area (Å²) in [5.41, 5.74) is 4.89. The Labute approximate surface area is 185 Å². The van der Waals surface area contributed by atoms with Crippen LogP contribution in [0.25, 0.3) is 22.4 Å². The first kappa shape index (κ1) is 20.4. The minimum Gasteiger partial charge on any atom is -0.298 e. The molecule has 1 heterocycles. The Morgan fingerprint density at radius 3 is 2.33 bits per heavy atom. The van der Waals surface area contributed by atoms with Gasteiger partial charge >= 0.3 is 0 Å². The number of aromatic nitrogens is 1. The highest BCUT2D eigenvalue weighted by molar-refractivity contribution is 7.99. The van der Waals surface area contributed by atoms with Gasteiger partial charge in [0.05, 0.1) is 5.69 Å². The quantitative estimate of drug-likeness (QED) is 0.328. The second-order valence-corrected chi connectivity index (χ2v) is 9.64. The van der Waals surface area contributed by atoms with Crippen LogP contribution in [0.15, 0.2) is 89.1 Å². The summed E-state index contributed by atoms with van der Waals surface area (Å²) in [5.74, 6) is -0.137. The number of anilines is 1. The molecule has 0 saturated heterocycles. The van der Waals surface area contributed by atoms with Gasteiger partial charge in [0.15, 0.2) is 5.13 Å². The van der Waals surface area contributed by atoms with Gasteiger partial charge in [0, 0.05) is 26.7 Å². The summed E-state index contributed by atoms with van der Waals surface area (Å²) < 4.78 is 0. The van der Waals surface area contributed by atoms with Gasteiger partial charge in [-0.25, -0.2) is 4.98 Å². The molecule has 3 nitrogen and oxygen atoms in total. The highest BCUT2D eigenvalue weighted by atomic mass is 32.2. The van der Waals surface area contributed by atoms with Gasteiger partial charge in [0.25, 0.3) is 5.91 Å². The number of carbonyl (C=O) groups excluding carboxylic acids is 1. The summed E-state index contributed by atoms with van der Waals surface area (Å²) in [5, 5.41) is 5.97. The summed E-state index contributed by atoms with van der Waals surface area (Å²) in [6.45, 7) is 4.28. The van der Waals surface area contributed by atoms with Crippen LogP contribution in [0.1, 0.15) is 24.2 Å². The Morgan fingerprint density at radius 2 is 1.60 bits per heavy atom. The van der Waals surface area contributed by atoms with Crippen LogP contribution in [0.3, 0.4) is 0 Å². The third-order valence-electron chi connectivity index (χ3n) is 4.48. The third kappa shape index (κ3) is 4.99. The second kappa shape index (κ2) is 9.28. The topological polar surface area (TPSA) is 42.0 Å².